The number of nitrogens with zero attached hydrogens (tertiary/aromatic N) is 3. The molecule has 2 aromatic rings. The van der Waals surface area contributed by atoms with Gasteiger partial charge in [0.1, 0.15) is 11.6 Å². The molecule has 0 bridgehead atoms. The second-order valence-corrected chi connectivity index (χ2v) is 4.30. The summed E-state index contributed by atoms with van der Waals surface area (Å²) in [6, 6.07) is 6.17. The van der Waals surface area contributed by atoms with Gasteiger partial charge in [-0.05, 0) is 13.0 Å². The minimum Gasteiger partial charge on any atom is -0.505 e. The van der Waals surface area contributed by atoms with E-state index in [4.69, 9.17) is 0 Å². The van der Waals surface area contributed by atoms with Crippen molar-refractivity contribution < 1.29 is 14.6 Å². The SMILES string of the molecule is Cc1ncc(CO)c(/C=N\N=C/c2ccccc2F)c1O. The Labute approximate surface area is 121 Å². The molecule has 0 saturated carbocycles. The first-order chi connectivity index (χ1) is 10.1. The summed E-state index contributed by atoms with van der Waals surface area (Å²) in [5.74, 6) is -0.457. The van der Waals surface area contributed by atoms with Crippen molar-refractivity contribution in [3.63, 3.8) is 0 Å². The molecule has 0 unspecified atom stereocenters. The van der Waals surface area contributed by atoms with Gasteiger partial charge in [-0.1, -0.05) is 18.2 Å². The molecule has 0 aliphatic rings. The first-order valence-corrected chi connectivity index (χ1v) is 6.22. The number of halogens is 1. The maximum atomic E-state index is 13.4. The van der Waals surface area contributed by atoms with E-state index >= 15 is 0 Å². The second kappa shape index (κ2) is 6.71. The zero-order chi connectivity index (χ0) is 15.2. The summed E-state index contributed by atoms with van der Waals surface area (Å²) in [5, 5.41) is 26.6. The van der Waals surface area contributed by atoms with Gasteiger partial charge in [0.25, 0.3) is 0 Å². The van der Waals surface area contributed by atoms with Gasteiger partial charge in [0.2, 0.25) is 0 Å². The lowest BCUT2D eigenvalue weighted by atomic mass is 10.1. The van der Waals surface area contributed by atoms with Crippen LogP contribution in [0.15, 0.2) is 40.7 Å². The number of aryl methyl sites for hydroxylation is 1. The van der Waals surface area contributed by atoms with Gasteiger partial charge in [-0.25, -0.2) is 4.39 Å². The number of aromatic nitrogens is 1. The molecular formula is C15H14FN3O2. The summed E-state index contributed by atoms with van der Waals surface area (Å²) < 4.78 is 13.4. The van der Waals surface area contributed by atoms with E-state index in [1.165, 1.54) is 24.7 Å². The van der Waals surface area contributed by atoms with Gasteiger partial charge in [0, 0.05) is 22.9 Å². The Balaban J connectivity index is 2.23. The molecule has 1 aromatic carbocycles. The lowest BCUT2D eigenvalue weighted by Gasteiger charge is -2.06. The number of aliphatic hydroxyl groups excluding tert-OH is 1. The van der Waals surface area contributed by atoms with Crippen molar-refractivity contribution in [3.8, 4) is 5.75 Å². The van der Waals surface area contributed by atoms with Gasteiger partial charge in [-0.3, -0.25) is 4.98 Å². The highest BCUT2D eigenvalue weighted by molar-refractivity contribution is 5.86. The van der Waals surface area contributed by atoms with Crippen LogP contribution in [0.1, 0.15) is 22.4 Å². The zero-order valence-electron chi connectivity index (χ0n) is 11.4. The van der Waals surface area contributed by atoms with Gasteiger partial charge in [-0.15, -0.1) is 0 Å². The molecule has 21 heavy (non-hydrogen) atoms. The molecular weight excluding hydrogens is 273 g/mol. The number of aromatic hydroxyl groups is 1. The fourth-order valence-corrected chi connectivity index (χ4v) is 1.69. The van der Waals surface area contributed by atoms with E-state index in [-0.39, 0.29) is 12.4 Å². The fraction of sp³-hybridized carbons (Fsp3) is 0.133. The molecule has 0 atom stereocenters. The fourth-order valence-electron chi connectivity index (χ4n) is 1.69. The van der Waals surface area contributed by atoms with Crippen LogP contribution in [0.3, 0.4) is 0 Å². The number of rotatable bonds is 4. The predicted molar refractivity (Wildman–Crippen MR) is 78.1 cm³/mol. The van der Waals surface area contributed by atoms with Crippen LogP contribution in [-0.4, -0.2) is 27.6 Å². The van der Waals surface area contributed by atoms with Crippen molar-refractivity contribution in [1.29, 1.82) is 0 Å². The van der Waals surface area contributed by atoms with Crippen LogP contribution in [0.5, 0.6) is 5.75 Å². The van der Waals surface area contributed by atoms with Crippen molar-refractivity contribution in [2.75, 3.05) is 0 Å². The standard InChI is InChI=1S/C15H14FN3O2/c1-10-15(21)13(12(9-20)6-17-10)8-19-18-7-11-4-2-3-5-14(11)16/h2-8,20-21H,9H2,1H3/b18-7-,19-8-. The number of hydrogen-bond acceptors (Lipinski definition) is 5. The van der Waals surface area contributed by atoms with Crippen molar-refractivity contribution in [3.05, 3.63) is 58.7 Å². The van der Waals surface area contributed by atoms with Crippen molar-refractivity contribution in [2.24, 2.45) is 10.2 Å². The molecule has 0 spiro atoms. The van der Waals surface area contributed by atoms with Gasteiger partial charge >= 0.3 is 0 Å². The lowest BCUT2D eigenvalue weighted by Crippen LogP contribution is -1.97. The molecule has 2 N–H and O–H groups in total. The van der Waals surface area contributed by atoms with E-state index < -0.39 is 5.82 Å². The highest BCUT2D eigenvalue weighted by Gasteiger charge is 2.08. The number of benzene rings is 1. The minimum atomic E-state index is -0.393. The summed E-state index contributed by atoms with van der Waals surface area (Å²) in [7, 11) is 0. The first kappa shape index (κ1) is 14.8. The van der Waals surface area contributed by atoms with E-state index in [0.29, 0.717) is 22.4 Å². The van der Waals surface area contributed by atoms with Gasteiger partial charge in [0.15, 0.2) is 0 Å². The van der Waals surface area contributed by atoms with Gasteiger partial charge in [-0.2, -0.15) is 10.2 Å². The third kappa shape index (κ3) is 3.49. The zero-order valence-corrected chi connectivity index (χ0v) is 11.4. The summed E-state index contributed by atoms with van der Waals surface area (Å²) in [4.78, 5) is 3.94. The van der Waals surface area contributed by atoms with Crippen LogP contribution >= 0.6 is 0 Å². The molecule has 5 nitrogen and oxygen atoms in total. The van der Waals surface area contributed by atoms with Crippen molar-refractivity contribution in [2.45, 2.75) is 13.5 Å². The topological polar surface area (TPSA) is 78.1 Å². The van der Waals surface area contributed by atoms with E-state index in [1.807, 2.05) is 0 Å². The Morgan fingerprint density at radius 2 is 1.95 bits per heavy atom. The molecule has 108 valence electrons. The molecule has 1 heterocycles. The molecule has 6 heteroatoms. The Hall–Kier alpha value is -2.60. The number of pyridine rings is 1. The Morgan fingerprint density at radius 1 is 1.24 bits per heavy atom. The normalized spacial score (nSPS) is 11.6. The van der Waals surface area contributed by atoms with Crippen LogP contribution < -0.4 is 0 Å². The lowest BCUT2D eigenvalue weighted by molar-refractivity contribution is 0.280. The molecule has 0 amide bonds. The van der Waals surface area contributed by atoms with Crippen LogP contribution in [0, 0.1) is 12.7 Å². The second-order valence-electron chi connectivity index (χ2n) is 4.30. The predicted octanol–water partition coefficient (Wildman–Crippen LogP) is 2.18. The largest absolute Gasteiger partial charge is 0.505 e. The van der Waals surface area contributed by atoms with Crippen molar-refractivity contribution in [1.82, 2.24) is 4.98 Å². The van der Waals surface area contributed by atoms with Crippen LogP contribution in [-0.2, 0) is 6.61 Å². The quantitative estimate of drug-likeness (QED) is 0.668. The minimum absolute atomic E-state index is 0.0635. The molecule has 0 fully saturated rings. The van der Waals surface area contributed by atoms with E-state index in [1.54, 1.807) is 25.1 Å². The van der Waals surface area contributed by atoms with E-state index in [0.717, 1.165) is 0 Å². The van der Waals surface area contributed by atoms with Crippen LogP contribution in [0.25, 0.3) is 0 Å². The van der Waals surface area contributed by atoms with Gasteiger partial charge in [0.05, 0.1) is 24.7 Å². The average Bonchev–Trinajstić information content (AvgIpc) is 2.49. The van der Waals surface area contributed by atoms with E-state index in [2.05, 4.69) is 15.2 Å². The maximum absolute atomic E-state index is 13.4. The highest BCUT2D eigenvalue weighted by Crippen LogP contribution is 2.21. The van der Waals surface area contributed by atoms with E-state index in [9.17, 15) is 14.6 Å². The molecule has 0 aliphatic carbocycles. The van der Waals surface area contributed by atoms with Crippen LogP contribution in [0.2, 0.25) is 0 Å². The molecule has 0 radical (unpaired) electrons. The smallest absolute Gasteiger partial charge is 0.145 e. The summed E-state index contributed by atoms with van der Waals surface area (Å²) in [5.41, 5.74) is 1.51. The third-order valence-corrected chi connectivity index (χ3v) is 2.88. The Morgan fingerprint density at radius 3 is 2.67 bits per heavy atom. The maximum Gasteiger partial charge on any atom is 0.145 e. The third-order valence-electron chi connectivity index (χ3n) is 2.88. The van der Waals surface area contributed by atoms with Crippen LogP contribution in [0.4, 0.5) is 4.39 Å². The monoisotopic (exact) mass is 287 g/mol. The van der Waals surface area contributed by atoms with Gasteiger partial charge < -0.3 is 10.2 Å². The summed E-state index contributed by atoms with van der Waals surface area (Å²) >= 11 is 0. The molecule has 0 aliphatic heterocycles. The molecule has 1 aromatic heterocycles. The Bertz CT molecular complexity index is 699. The first-order valence-electron chi connectivity index (χ1n) is 6.22. The number of aliphatic hydroxyl groups is 1. The van der Waals surface area contributed by atoms with Crippen molar-refractivity contribution >= 4 is 12.4 Å². The summed E-state index contributed by atoms with van der Waals surface area (Å²) in [6.45, 7) is 1.36. The number of hydrogen-bond donors (Lipinski definition) is 2. The molecule has 2 rings (SSSR count). The highest BCUT2D eigenvalue weighted by atomic mass is 19.1. The molecule has 0 saturated heterocycles. The Kier molecular flexibility index (Phi) is 4.73. The average molecular weight is 287 g/mol. The summed E-state index contributed by atoms with van der Waals surface area (Å²) in [6.07, 6.45) is 4.03.